The van der Waals surface area contributed by atoms with Gasteiger partial charge in [0, 0.05) is 37.7 Å². The molecule has 0 radical (unpaired) electrons. The molecule has 1 fully saturated rings. The molecule has 2 aliphatic rings. The van der Waals surface area contributed by atoms with Crippen molar-refractivity contribution in [1.29, 1.82) is 0 Å². The average Bonchev–Trinajstić information content (AvgIpc) is 3.51. The van der Waals surface area contributed by atoms with Crippen LogP contribution in [0.15, 0.2) is 30.3 Å². The predicted octanol–water partition coefficient (Wildman–Crippen LogP) is 2.88. The van der Waals surface area contributed by atoms with E-state index in [9.17, 15) is 0 Å². The summed E-state index contributed by atoms with van der Waals surface area (Å²) >= 11 is 1.79. The van der Waals surface area contributed by atoms with Crippen LogP contribution in [-0.2, 0) is 24.2 Å². The molecule has 1 saturated heterocycles. The third-order valence-corrected chi connectivity index (χ3v) is 7.17. The molecule has 4 aromatic rings. The van der Waals surface area contributed by atoms with E-state index in [0.717, 1.165) is 62.7 Å². The molecule has 30 heavy (non-hydrogen) atoms. The first-order valence-electron chi connectivity index (χ1n) is 10.5. The van der Waals surface area contributed by atoms with Crippen molar-refractivity contribution in [2.24, 2.45) is 0 Å². The third kappa shape index (κ3) is 3.23. The molecule has 154 valence electrons. The molecule has 2 aliphatic heterocycles. The van der Waals surface area contributed by atoms with Gasteiger partial charge in [-0.1, -0.05) is 35.4 Å². The van der Waals surface area contributed by atoms with Gasteiger partial charge in [0.1, 0.15) is 10.6 Å². The van der Waals surface area contributed by atoms with Crippen LogP contribution in [0.5, 0.6) is 0 Å². The zero-order valence-corrected chi connectivity index (χ0v) is 17.4. The minimum atomic E-state index is 0.255. The lowest BCUT2D eigenvalue weighted by molar-refractivity contribution is 0.120. The Kier molecular flexibility index (Phi) is 4.59. The molecule has 0 aliphatic carbocycles. The smallest absolute Gasteiger partial charge is 0.276 e. The summed E-state index contributed by atoms with van der Waals surface area (Å²) in [7, 11) is 0. The number of aromatic nitrogens is 5. The number of thiophene rings is 1. The quantitative estimate of drug-likeness (QED) is 0.531. The third-order valence-electron chi connectivity index (χ3n) is 5.98. The zero-order chi connectivity index (χ0) is 19.9. The van der Waals surface area contributed by atoms with Crippen molar-refractivity contribution in [2.45, 2.75) is 38.5 Å². The normalized spacial score (nSPS) is 19.5. The second-order valence-corrected chi connectivity index (χ2v) is 9.08. The van der Waals surface area contributed by atoms with Crippen LogP contribution in [0.3, 0.4) is 0 Å². The van der Waals surface area contributed by atoms with Crippen LogP contribution in [-0.4, -0.2) is 55.7 Å². The van der Waals surface area contributed by atoms with Crippen LogP contribution >= 0.6 is 11.3 Å². The fourth-order valence-corrected chi connectivity index (χ4v) is 5.83. The minimum Gasteiger partial charge on any atom is -0.376 e. The Morgan fingerprint density at radius 3 is 3.03 bits per heavy atom. The molecule has 8 nitrogen and oxygen atoms in total. The number of rotatable bonds is 5. The van der Waals surface area contributed by atoms with Crippen molar-refractivity contribution in [3.8, 4) is 0 Å². The molecule has 0 amide bonds. The Bertz CT molecular complexity index is 1180. The number of benzene rings is 1. The molecule has 9 heteroatoms. The molecule has 1 atom stereocenters. The molecule has 0 bridgehead atoms. The van der Waals surface area contributed by atoms with Crippen LogP contribution in [0.4, 0.5) is 5.82 Å². The van der Waals surface area contributed by atoms with Crippen LogP contribution in [0.25, 0.3) is 16.0 Å². The Hall–Kier alpha value is -2.62. The number of hydrogen-bond donors (Lipinski definition) is 1. The first-order chi connectivity index (χ1) is 14.8. The van der Waals surface area contributed by atoms with Crippen molar-refractivity contribution in [3.63, 3.8) is 0 Å². The standard InChI is InChI=1S/C21H23N7OS/c1-2-5-14(6-3-1)12-27-9-8-16-17(13-27)30-20-18(16)19(22-11-15-7-4-10-29-15)23-21-24-25-26-28(20)21/h1-3,5-6,15H,4,7-13H2,(H,22,23,24,26). The van der Waals surface area contributed by atoms with Gasteiger partial charge >= 0.3 is 0 Å². The molecular formula is C21H23N7OS. The number of ether oxygens (including phenoxy) is 1. The lowest BCUT2D eigenvalue weighted by atomic mass is 10.0. The van der Waals surface area contributed by atoms with Gasteiger partial charge in [0.05, 0.1) is 11.5 Å². The average molecular weight is 422 g/mol. The van der Waals surface area contributed by atoms with Crippen molar-refractivity contribution in [3.05, 3.63) is 46.3 Å². The second kappa shape index (κ2) is 7.57. The Morgan fingerprint density at radius 2 is 2.17 bits per heavy atom. The van der Waals surface area contributed by atoms with E-state index >= 15 is 0 Å². The Morgan fingerprint density at radius 1 is 1.23 bits per heavy atom. The molecule has 6 rings (SSSR count). The molecular weight excluding hydrogens is 398 g/mol. The summed E-state index contributed by atoms with van der Waals surface area (Å²) in [5, 5.41) is 16.9. The van der Waals surface area contributed by atoms with Gasteiger partial charge in [0.25, 0.3) is 5.78 Å². The molecule has 1 unspecified atom stereocenters. The van der Waals surface area contributed by atoms with Gasteiger partial charge in [-0.15, -0.1) is 11.3 Å². The van der Waals surface area contributed by atoms with Crippen LogP contribution < -0.4 is 5.32 Å². The second-order valence-electron chi connectivity index (χ2n) is 8.00. The molecule has 5 heterocycles. The van der Waals surface area contributed by atoms with Crippen molar-refractivity contribution >= 4 is 33.1 Å². The number of hydrogen-bond acceptors (Lipinski definition) is 8. The molecule has 1 N–H and O–H groups in total. The van der Waals surface area contributed by atoms with Gasteiger partial charge in [0.15, 0.2) is 0 Å². The summed E-state index contributed by atoms with van der Waals surface area (Å²) in [4.78, 5) is 9.72. The maximum Gasteiger partial charge on any atom is 0.276 e. The number of fused-ring (bicyclic) bond motifs is 5. The number of nitrogens with zero attached hydrogens (tertiary/aromatic N) is 6. The van der Waals surface area contributed by atoms with Gasteiger partial charge < -0.3 is 10.1 Å². The summed E-state index contributed by atoms with van der Waals surface area (Å²) in [5.74, 6) is 1.42. The van der Waals surface area contributed by atoms with Gasteiger partial charge in [-0.25, -0.2) is 0 Å². The van der Waals surface area contributed by atoms with Crippen molar-refractivity contribution < 1.29 is 4.74 Å². The van der Waals surface area contributed by atoms with E-state index < -0.39 is 0 Å². The fraction of sp³-hybridized carbons (Fsp3) is 0.429. The van der Waals surface area contributed by atoms with E-state index in [-0.39, 0.29) is 6.10 Å². The lowest BCUT2D eigenvalue weighted by Crippen LogP contribution is -2.29. The maximum atomic E-state index is 5.78. The number of nitrogens with one attached hydrogen (secondary N) is 1. The largest absolute Gasteiger partial charge is 0.376 e. The van der Waals surface area contributed by atoms with Crippen LogP contribution in [0, 0.1) is 0 Å². The molecule has 0 saturated carbocycles. The number of tetrazole rings is 1. The summed E-state index contributed by atoms with van der Waals surface area (Å²) in [5.41, 5.74) is 2.74. The van der Waals surface area contributed by atoms with Gasteiger partial charge in [-0.2, -0.15) is 9.50 Å². The number of anilines is 1. The Balaban J connectivity index is 1.35. The van der Waals surface area contributed by atoms with Crippen molar-refractivity contribution in [1.82, 2.24) is 29.9 Å². The van der Waals surface area contributed by atoms with Gasteiger partial charge in [-0.05, 0) is 40.8 Å². The highest BCUT2D eigenvalue weighted by atomic mass is 32.1. The summed E-state index contributed by atoms with van der Waals surface area (Å²) in [6.45, 7) is 4.57. The summed E-state index contributed by atoms with van der Waals surface area (Å²) in [6, 6.07) is 10.7. The molecule has 3 aromatic heterocycles. The molecule has 0 spiro atoms. The van der Waals surface area contributed by atoms with E-state index in [0.29, 0.717) is 5.78 Å². The summed E-state index contributed by atoms with van der Waals surface area (Å²) < 4.78 is 7.56. The lowest BCUT2D eigenvalue weighted by Gasteiger charge is -2.27. The van der Waals surface area contributed by atoms with E-state index in [1.165, 1.54) is 21.4 Å². The van der Waals surface area contributed by atoms with Gasteiger partial charge in [0.2, 0.25) is 0 Å². The monoisotopic (exact) mass is 421 g/mol. The van der Waals surface area contributed by atoms with Gasteiger partial charge in [-0.3, -0.25) is 4.90 Å². The maximum absolute atomic E-state index is 5.78. The Labute approximate surface area is 177 Å². The highest BCUT2D eigenvalue weighted by Crippen LogP contribution is 2.38. The SMILES string of the molecule is c1ccc(CN2CCc3c(sc4c3c(NCC3CCCO3)nc3nnnn34)C2)cc1. The fourth-order valence-electron chi connectivity index (χ4n) is 4.50. The first-order valence-corrected chi connectivity index (χ1v) is 11.3. The molecule has 1 aromatic carbocycles. The van der Waals surface area contributed by atoms with E-state index in [1.54, 1.807) is 15.9 Å². The predicted molar refractivity (Wildman–Crippen MR) is 116 cm³/mol. The van der Waals surface area contributed by atoms with Crippen LogP contribution in [0.1, 0.15) is 28.8 Å². The highest BCUT2D eigenvalue weighted by Gasteiger charge is 2.26. The minimum absolute atomic E-state index is 0.255. The van der Waals surface area contributed by atoms with E-state index in [1.807, 2.05) is 0 Å². The highest BCUT2D eigenvalue weighted by molar-refractivity contribution is 7.19. The topological polar surface area (TPSA) is 80.5 Å². The first kappa shape index (κ1) is 18.2. The van der Waals surface area contributed by atoms with Crippen LogP contribution in [0.2, 0.25) is 0 Å². The van der Waals surface area contributed by atoms with E-state index in [4.69, 9.17) is 9.72 Å². The van der Waals surface area contributed by atoms with Crippen molar-refractivity contribution in [2.75, 3.05) is 25.0 Å². The summed E-state index contributed by atoms with van der Waals surface area (Å²) in [6.07, 6.45) is 3.49. The zero-order valence-electron chi connectivity index (χ0n) is 16.6. The van der Waals surface area contributed by atoms with E-state index in [2.05, 4.69) is 56.1 Å².